The highest BCUT2D eigenvalue weighted by Gasteiger charge is 2.24. The number of hydrogen-bond acceptors (Lipinski definition) is 8. The third-order valence-electron chi connectivity index (χ3n) is 3.25. The fraction of sp³-hybridized carbons (Fsp3) is 0.294. The molecule has 9 heteroatoms. The van der Waals surface area contributed by atoms with Crippen molar-refractivity contribution < 1.29 is 19.1 Å². The molecule has 26 heavy (non-hydrogen) atoms. The number of hydrogen-bond donors (Lipinski definition) is 1. The lowest BCUT2D eigenvalue weighted by Gasteiger charge is -2.13. The van der Waals surface area contributed by atoms with Gasteiger partial charge >= 0.3 is 5.97 Å². The minimum absolute atomic E-state index is 0.212. The SMILES string of the molecule is COC(=O)/C=C1/S/C(=N\N=Cc2ccc(OC)c(CN(C)C)c2)NC1=O. The number of methoxy groups -OCH3 is 2. The number of carbonyl (C=O) groups is 2. The number of ether oxygens (including phenoxy) is 2. The van der Waals surface area contributed by atoms with E-state index >= 15 is 0 Å². The molecule has 2 rings (SSSR count). The van der Waals surface area contributed by atoms with Crippen LogP contribution in [0.2, 0.25) is 0 Å². The fourth-order valence-electron chi connectivity index (χ4n) is 2.13. The lowest BCUT2D eigenvalue weighted by atomic mass is 10.1. The Morgan fingerprint density at radius 2 is 2.12 bits per heavy atom. The van der Waals surface area contributed by atoms with Crippen molar-refractivity contribution in [3.8, 4) is 5.75 Å². The molecule has 0 aromatic heterocycles. The van der Waals surface area contributed by atoms with E-state index in [4.69, 9.17) is 4.74 Å². The predicted molar refractivity (Wildman–Crippen MR) is 101 cm³/mol. The van der Waals surface area contributed by atoms with Crippen molar-refractivity contribution in [2.24, 2.45) is 10.2 Å². The van der Waals surface area contributed by atoms with Crippen molar-refractivity contribution in [1.82, 2.24) is 10.2 Å². The van der Waals surface area contributed by atoms with E-state index in [0.29, 0.717) is 5.17 Å². The molecular weight excluding hydrogens is 356 g/mol. The second-order valence-electron chi connectivity index (χ2n) is 5.55. The standard InChI is InChI=1S/C17H20N4O4S/c1-21(2)10-12-7-11(5-6-13(12)24-3)9-18-20-17-19-16(23)14(26-17)8-15(22)25-4/h5-9H,10H2,1-4H3,(H,19,20,23)/b14-8+,18-9?. The lowest BCUT2D eigenvalue weighted by molar-refractivity contribution is -0.135. The van der Waals surface area contributed by atoms with E-state index in [1.54, 1.807) is 13.3 Å². The van der Waals surface area contributed by atoms with Gasteiger partial charge < -0.3 is 14.4 Å². The van der Waals surface area contributed by atoms with Crippen LogP contribution in [0.4, 0.5) is 0 Å². The van der Waals surface area contributed by atoms with Crippen LogP contribution in [0.25, 0.3) is 0 Å². The van der Waals surface area contributed by atoms with E-state index < -0.39 is 11.9 Å². The summed E-state index contributed by atoms with van der Waals surface area (Å²) in [5.41, 5.74) is 1.88. The van der Waals surface area contributed by atoms with Crippen molar-refractivity contribution in [3.63, 3.8) is 0 Å². The van der Waals surface area contributed by atoms with E-state index in [1.807, 2.05) is 37.2 Å². The van der Waals surface area contributed by atoms with Gasteiger partial charge in [-0.15, -0.1) is 5.10 Å². The van der Waals surface area contributed by atoms with Crippen molar-refractivity contribution in [3.05, 3.63) is 40.3 Å². The number of thioether (sulfide) groups is 1. The van der Waals surface area contributed by atoms with Gasteiger partial charge in [0.15, 0.2) is 5.17 Å². The van der Waals surface area contributed by atoms with Crippen molar-refractivity contribution in [2.75, 3.05) is 28.3 Å². The number of amides is 1. The first kappa shape index (κ1) is 19.7. The topological polar surface area (TPSA) is 92.6 Å². The molecule has 1 aromatic rings. The van der Waals surface area contributed by atoms with Crippen LogP contribution in [-0.2, 0) is 20.9 Å². The summed E-state index contributed by atoms with van der Waals surface area (Å²) < 4.78 is 9.86. The highest BCUT2D eigenvalue weighted by Crippen LogP contribution is 2.23. The number of benzene rings is 1. The normalized spacial score (nSPS) is 17.3. The molecule has 8 nitrogen and oxygen atoms in total. The summed E-state index contributed by atoms with van der Waals surface area (Å²) in [5.74, 6) is -0.204. The summed E-state index contributed by atoms with van der Waals surface area (Å²) in [6.45, 7) is 0.729. The van der Waals surface area contributed by atoms with Gasteiger partial charge in [0, 0.05) is 18.2 Å². The molecule has 0 aliphatic carbocycles. The number of esters is 1. The summed E-state index contributed by atoms with van der Waals surface area (Å²) in [6, 6.07) is 5.70. The Morgan fingerprint density at radius 3 is 2.77 bits per heavy atom. The number of nitrogens with one attached hydrogen (secondary N) is 1. The Kier molecular flexibility index (Phi) is 6.93. The van der Waals surface area contributed by atoms with E-state index in [1.165, 1.54) is 7.11 Å². The van der Waals surface area contributed by atoms with Gasteiger partial charge in [-0.3, -0.25) is 10.1 Å². The Hall–Kier alpha value is -2.65. The van der Waals surface area contributed by atoms with Gasteiger partial charge in [-0.2, -0.15) is 5.10 Å². The first-order valence-electron chi connectivity index (χ1n) is 7.64. The summed E-state index contributed by atoms with van der Waals surface area (Å²) >= 11 is 1.02. The van der Waals surface area contributed by atoms with Crippen LogP contribution in [-0.4, -0.2) is 56.5 Å². The van der Waals surface area contributed by atoms with Crippen LogP contribution in [0.15, 0.2) is 39.4 Å². The number of carbonyl (C=O) groups excluding carboxylic acids is 2. The molecule has 1 heterocycles. The van der Waals surface area contributed by atoms with Crippen molar-refractivity contribution >= 4 is 35.0 Å². The number of amidine groups is 1. The highest BCUT2D eigenvalue weighted by atomic mass is 32.2. The minimum Gasteiger partial charge on any atom is -0.496 e. The van der Waals surface area contributed by atoms with E-state index in [9.17, 15) is 9.59 Å². The molecule has 0 saturated carbocycles. The predicted octanol–water partition coefficient (Wildman–Crippen LogP) is 1.37. The maximum Gasteiger partial charge on any atom is 0.331 e. The molecule has 1 fully saturated rings. The monoisotopic (exact) mass is 376 g/mol. The molecule has 0 unspecified atom stereocenters. The minimum atomic E-state index is -0.598. The Balaban J connectivity index is 2.11. The molecule has 0 bridgehead atoms. The van der Waals surface area contributed by atoms with E-state index in [2.05, 4.69) is 20.3 Å². The maximum atomic E-state index is 11.7. The summed E-state index contributed by atoms with van der Waals surface area (Å²) in [6.07, 6.45) is 2.70. The van der Waals surface area contributed by atoms with Crippen LogP contribution >= 0.6 is 11.8 Å². The summed E-state index contributed by atoms with van der Waals surface area (Å²) in [4.78, 5) is 25.2. The summed E-state index contributed by atoms with van der Waals surface area (Å²) in [5, 5.41) is 10.8. The fourth-order valence-corrected chi connectivity index (χ4v) is 2.87. The lowest BCUT2D eigenvalue weighted by Crippen LogP contribution is -2.19. The van der Waals surface area contributed by atoms with Gasteiger partial charge in [-0.05, 0) is 49.6 Å². The van der Waals surface area contributed by atoms with Gasteiger partial charge in [-0.1, -0.05) is 0 Å². The molecule has 1 aromatic carbocycles. The molecule has 1 aliphatic rings. The first-order valence-corrected chi connectivity index (χ1v) is 8.46. The third-order valence-corrected chi connectivity index (χ3v) is 4.15. The number of nitrogens with zero attached hydrogens (tertiary/aromatic N) is 3. The van der Waals surface area contributed by atoms with Crippen molar-refractivity contribution in [1.29, 1.82) is 0 Å². The largest absolute Gasteiger partial charge is 0.496 e. The van der Waals surface area contributed by atoms with Crippen LogP contribution in [0, 0.1) is 0 Å². The van der Waals surface area contributed by atoms with Crippen LogP contribution < -0.4 is 10.1 Å². The Morgan fingerprint density at radius 1 is 1.35 bits per heavy atom. The Labute approximate surface area is 155 Å². The smallest absolute Gasteiger partial charge is 0.331 e. The average molecular weight is 376 g/mol. The van der Waals surface area contributed by atoms with Gasteiger partial charge in [0.25, 0.3) is 5.91 Å². The molecule has 0 spiro atoms. The third kappa shape index (κ3) is 5.43. The zero-order valence-corrected chi connectivity index (χ0v) is 15.8. The van der Waals surface area contributed by atoms with Crippen LogP contribution in [0.3, 0.4) is 0 Å². The quantitative estimate of drug-likeness (QED) is 0.349. The van der Waals surface area contributed by atoms with Gasteiger partial charge in [0.1, 0.15) is 5.75 Å². The second kappa shape index (κ2) is 9.16. The van der Waals surface area contributed by atoms with Gasteiger partial charge in [0.05, 0.1) is 25.3 Å². The summed E-state index contributed by atoms with van der Waals surface area (Å²) in [7, 11) is 6.83. The molecule has 138 valence electrons. The molecule has 1 aliphatic heterocycles. The highest BCUT2D eigenvalue weighted by molar-refractivity contribution is 8.18. The van der Waals surface area contributed by atoms with Gasteiger partial charge in [-0.25, -0.2) is 4.79 Å². The number of rotatable bonds is 6. The Bertz CT molecular complexity index is 787. The molecular formula is C17H20N4O4S. The van der Waals surface area contributed by atoms with E-state index in [0.717, 1.165) is 41.3 Å². The molecule has 1 N–H and O–H groups in total. The molecule has 0 radical (unpaired) electrons. The van der Waals surface area contributed by atoms with Gasteiger partial charge in [0.2, 0.25) is 0 Å². The average Bonchev–Trinajstić information content (AvgIpc) is 2.94. The second-order valence-corrected chi connectivity index (χ2v) is 6.58. The van der Waals surface area contributed by atoms with Crippen LogP contribution in [0.5, 0.6) is 5.75 Å². The zero-order chi connectivity index (χ0) is 19.1. The molecule has 0 atom stereocenters. The van der Waals surface area contributed by atoms with Crippen molar-refractivity contribution in [2.45, 2.75) is 6.54 Å². The zero-order valence-electron chi connectivity index (χ0n) is 15.0. The first-order chi connectivity index (χ1) is 12.4. The van der Waals surface area contributed by atoms with E-state index in [-0.39, 0.29) is 4.91 Å². The molecule has 1 amide bonds. The molecule has 1 saturated heterocycles. The van der Waals surface area contributed by atoms with Crippen LogP contribution in [0.1, 0.15) is 11.1 Å². The maximum absolute atomic E-state index is 11.7.